The summed E-state index contributed by atoms with van der Waals surface area (Å²) >= 11 is 0. The Balaban J connectivity index is 1.80. The Morgan fingerprint density at radius 2 is 1.62 bits per heavy atom. The summed E-state index contributed by atoms with van der Waals surface area (Å²) in [5, 5.41) is -0.382. The molecular formula is C27H26N4O5S. The van der Waals surface area contributed by atoms with Crippen molar-refractivity contribution in [2.24, 2.45) is 0 Å². The van der Waals surface area contributed by atoms with Crippen LogP contribution in [-0.4, -0.2) is 31.4 Å². The first-order valence-electron chi connectivity index (χ1n) is 11.3. The van der Waals surface area contributed by atoms with E-state index in [4.69, 9.17) is 15.2 Å². The molecule has 10 heteroatoms. The molecule has 0 aliphatic heterocycles. The lowest BCUT2D eigenvalue weighted by Crippen LogP contribution is -2.31. The summed E-state index contributed by atoms with van der Waals surface area (Å²) in [7, 11) is -2.76. The maximum Gasteiger partial charge on any atom is 0.281 e. The van der Waals surface area contributed by atoms with Crippen LogP contribution in [0.3, 0.4) is 0 Å². The Bertz CT molecular complexity index is 1580. The molecule has 3 N–H and O–H groups in total. The summed E-state index contributed by atoms with van der Waals surface area (Å²) < 4.78 is 39.3. The van der Waals surface area contributed by atoms with Crippen LogP contribution in [0.25, 0.3) is 11.3 Å². The minimum atomic E-state index is -4.31. The summed E-state index contributed by atoms with van der Waals surface area (Å²) in [5.41, 5.74) is 9.42. The SMILES string of the molecule is COc1ccccc1-c1ccc(C(=O)NS(=O)(=O)c2cccc(N)n2)c(Oc2c(C)cc(C)cc2C)n1. The van der Waals surface area contributed by atoms with Gasteiger partial charge in [0.25, 0.3) is 15.9 Å². The van der Waals surface area contributed by atoms with Crippen molar-refractivity contribution in [1.82, 2.24) is 14.7 Å². The number of hydrogen-bond donors (Lipinski definition) is 2. The molecule has 0 saturated carbocycles. The second-order valence-corrected chi connectivity index (χ2v) is 10.0. The third-order valence-corrected chi connectivity index (χ3v) is 6.77. The highest BCUT2D eigenvalue weighted by Crippen LogP contribution is 2.34. The molecule has 0 fully saturated rings. The van der Waals surface area contributed by atoms with Crippen molar-refractivity contribution in [3.8, 4) is 28.6 Å². The first-order valence-corrected chi connectivity index (χ1v) is 12.8. The van der Waals surface area contributed by atoms with E-state index in [1.54, 1.807) is 19.2 Å². The molecule has 190 valence electrons. The van der Waals surface area contributed by atoms with Crippen molar-refractivity contribution in [3.05, 3.63) is 89.0 Å². The molecule has 0 spiro atoms. The second-order valence-electron chi connectivity index (χ2n) is 8.41. The number of carbonyl (C=O) groups is 1. The number of pyridine rings is 2. The quantitative estimate of drug-likeness (QED) is 0.363. The number of ether oxygens (including phenoxy) is 2. The Morgan fingerprint density at radius 3 is 2.30 bits per heavy atom. The molecule has 4 rings (SSSR count). The molecule has 9 nitrogen and oxygen atoms in total. The Labute approximate surface area is 215 Å². The van der Waals surface area contributed by atoms with Crippen LogP contribution >= 0.6 is 0 Å². The molecule has 2 aromatic heterocycles. The van der Waals surface area contributed by atoms with Gasteiger partial charge >= 0.3 is 0 Å². The molecular weight excluding hydrogens is 492 g/mol. The number of nitrogen functional groups attached to an aromatic ring is 1. The fraction of sp³-hybridized carbons (Fsp3) is 0.148. The van der Waals surface area contributed by atoms with Crippen molar-refractivity contribution in [1.29, 1.82) is 0 Å². The predicted octanol–water partition coefficient (Wildman–Crippen LogP) is 4.57. The number of aryl methyl sites for hydroxylation is 3. The number of nitrogens with two attached hydrogens (primary N) is 1. The standard InChI is InChI=1S/C27H26N4O5S/c1-16-14-17(2)25(18(3)15-16)36-27-20(12-13-21(29-27)19-8-5-6-9-22(19)35-4)26(32)31-37(33,34)24-11-7-10-23(28)30-24/h5-15H,1-4H3,(H2,28,30)(H,31,32). The molecule has 4 aromatic rings. The molecule has 2 aromatic carbocycles. The van der Waals surface area contributed by atoms with E-state index in [9.17, 15) is 13.2 Å². The molecule has 37 heavy (non-hydrogen) atoms. The molecule has 1 amide bonds. The number of sulfonamides is 1. The van der Waals surface area contributed by atoms with E-state index < -0.39 is 15.9 Å². The lowest BCUT2D eigenvalue weighted by molar-refractivity contribution is 0.0978. The van der Waals surface area contributed by atoms with Crippen LogP contribution in [0.5, 0.6) is 17.4 Å². The summed E-state index contributed by atoms with van der Waals surface area (Å²) in [5.74, 6) is 0.112. The van der Waals surface area contributed by atoms with Gasteiger partial charge in [-0.25, -0.2) is 14.7 Å². The topological polar surface area (TPSA) is 134 Å². The van der Waals surface area contributed by atoms with Gasteiger partial charge in [0, 0.05) is 5.56 Å². The summed E-state index contributed by atoms with van der Waals surface area (Å²) in [6, 6.07) is 18.3. The van der Waals surface area contributed by atoms with E-state index >= 15 is 0 Å². The van der Waals surface area contributed by atoms with Gasteiger partial charge in [-0.15, -0.1) is 0 Å². The first-order chi connectivity index (χ1) is 17.6. The highest BCUT2D eigenvalue weighted by atomic mass is 32.2. The number of methoxy groups -OCH3 is 1. The van der Waals surface area contributed by atoms with E-state index in [2.05, 4.69) is 9.97 Å². The van der Waals surface area contributed by atoms with Crippen LogP contribution in [0.4, 0.5) is 5.82 Å². The van der Waals surface area contributed by atoms with Gasteiger partial charge in [-0.2, -0.15) is 8.42 Å². The number of amides is 1. The van der Waals surface area contributed by atoms with E-state index in [-0.39, 0.29) is 22.3 Å². The number of carbonyl (C=O) groups excluding carboxylic acids is 1. The average Bonchev–Trinajstić information content (AvgIpc) is 2.85. The summed E-state index contributed by atoms with van der Waals surface area (Å²) in [4.78, 5) is 21.6. The van der Waals surface area contributed by atoms with E-state index in [0.29, 0.717) is 22.8 Å². The van der Waals surface area contributed by atoms with Gasteiger partial charge < -0.3 is 15.2 Å². The van der Waals surface area contributed by atoms with Crippen LogP contribution in [-0.2, 0) is 10.0 Å². The number of anilines is 1. The number of benzene rings is 2. The third kappa shape index (κ3) is 5.54. The van der Waals surface area contributed by atoms with Crippen molar-refractivity contribution >= 4 is 21.7 Å². The van der Waals surface area contributed by atoms with E-state index in [0.717, 1.165) is 16.7 Å². The number of nitrogens with one attached hydrogen (secondary N) is 1. The van der Waals surface area contributed by atoms with Crippen molar-refractivity contribution in [2.45, 2.75) is 25.8 Å². The van der Waals surface area contributed by atoms with Gasteiger partial charge in [-0.05, 0) is 68.3 Å². The molecule has 0 unspecified atom stereocenters. The smallest absolute Gasteiger partial charge is 0.281 e. The average molecular weight is 519 g/mol. The third-order valence-electron chi connectivity index (χ3n) is 5.54. The monoisotopic (exact) mass is 518 g/mol. The Hall–Kier alpha value is -4.44. The highest BCUT2D eigenvalue weighted by Gasteiger charge is 2.25. The van der Waals surface area contributed by atoms with Crippen molar-refractivity contribution in [3.63, 3.8) is 0 Å². The summed E-state index contributed by atoms with van der Waals surface area (Å²) in [6.45, 7) is 5.74. The zero-order valence-electron chi connectivity index (χ0n) is 20.8. The van der Waals surface area contributed by atoms with Gasteiger partial charge in [-0.3, -0.25) is 4.79 Å². The van der Waals surface area contributed by atoms with Crippen molar-refractivity contribution in [2.75, 3.05) is 12.8 Å². The Kier molecular flexibility index (Phi) is 7.12. The summed E-state index contributed by atoms with van der Waals surface area (Å²) in [6.07, 6.45) is 0. The van der Waals surface area contributed by atoms with Crippen LogP contribution in [0.2, 0.25) is 0 Å². The molecule has 0 aliphatic rings. The van der Waals surface area contributed by atoms with Gasteiger partial charge in [0.1, 0.15) is 22.9 Å². The first kappa shape index (κ1) is 25.6. The van der Waals surface area contributed by atoms with Crippen LogP contribution in [0.15, 0.2) is 71.8 Å². The fourth-order valence-electron chi connectivity index (χ4n) is 3.93. The number of nitrogens with zero attached hydrogens (tertiary/aromatic N) is 2. The predicted molar refractivity (Wildman–Crippen MR) is 140 cm³/mol. The number of hydrogen-bond acceptors (Lipinski definition) is 8. The molecule has 0 atom stereocenters. The largest absolute Gasteiger partial charge is 0.496 e. The van der Waals surface area contributed by atoms with E-state index in [1.165, 1.54) is 24.3 Å². The maximum absolute atomic E-state index is 13.2. The van der Waals surface area contributed by atoms with Gasteiger partial charge in [0.15, 0.2) is 5.03 Å². The van der Waals surface area contributed by atoms with Gasteiger partial charge in [0.05, 0.1) is 12.8 Å². The molecule has 0 saturated heterocycles. The highest BCUT2D eigenvalue weighted by molar-refractivity contribution is 7.90. The normalized spacial score (nSPS) is 11.1. The Morgan fingerprint density at radius 1 is 0.919 bits per heavy atom. The molecule has 0 aliphatic carbocycles. The van der Waals surface area contributed by atoms with Crippen LogP contribution in [0, 0.1) is 20.8 Å². The number of aromatic nitrogens is 2. The van der Waals surface area contributed by atoms with Gasteiger partial charge in [-0.1, -0.05) is 35.9 Å². The molecule has 0 radical (unpaired) electrons. The second kappa shape index (κ2) is 10.3. The minimum Gasteiger partial charge on any atom is -0.496 e. The maximum atomic E-state index is 13.2. The van der Waals surface area contributed by atoms with Crippen LogP contribution in [0.1, 0.15) is 27.0 Å². The zero-order valence-corrected chi connectivity index (χ0v) is 21.6. The number of rotatable bonds is 7. The van der Waals surface area contributed by atoms with Gasteiger partial charge in [0.2, 0.25) is 5.88 Å². The lowest BCUT2D eigenvalue weighted by Gasteiger charge is -2.16. The fourth-order valence-corrected chi connectivity index (χ4v) is 4.87. The van der Waals surface area contributed by atoms with E-state index in [1.807, 2.05) is 55.8 Å². The molecule has 0 bridgehead atoms. The van der Waals surface area contributed by atoms with Crippen LogP contribution < -0.4 is 19.9 Å². The minimum absolute atomic E-state index is 0.00694. The lowest BCUT2D eigenvalue weighted by atomic mass is 10.1. The van der Waals surface area contributed by atoms with Crippen molar-refractivity contribution < 1.29 is 22.7 Å². The zero-order chi connectivity index (χ0) is 26.7. The number of para-hydroxylation sites is 1. The molecule has 2 heterocycles.